The molecule has 200 valence electrons. The number of likely N-dealkylation sites (tertiary alicyclic amines) is 1. The first-order valence-electron chi connectivity index (χ1n) is 10.6. The van der Waals surface area contributed by atoms with E-state index in [-0.39, 0.29) is 72.2 Å². The van der Waals surface area contributed by atoms with Gasteiger partial charge in [-0.2, -0.15) is 13.2 Å². The van der Waals surface area contributed by atoms with Gasteiger partial charge in [-0.1, -0.05) is 24.3 Å². The van der Waals surface area contributed by atoms with Gasteiger partial charge in [0.1, 0.15) is 17.3 Å². The number of aromatic nitrogens is 4. The summed E-state index contributed by atoms with van der Waals surface area (Å²) < 4.78 is 86.1. The first kappa shape index (κ1) is 28.7. The predicted molar refractivity (Wildman–Crippen MR) is 128 cm³/mol. The normalized spacial score (nSPS) is 17.4. The quantitative estimate of drug-likeness (QED) is 0.335. The van der Waals surface area contributed by atoms with E-state index in [0.29, 0.717) is 11.8 Å². The van der Waals surface area contributed by atoms with Crippen LogP contribution in [0.25, 0.3) is 28.1 Å². The maximum absolute atomic E-state index is 14.0. The molecule has 1 unspecified atom stereocenters. The first-order valence-corrected chi connectivity index (χ1v) is 10.6. The zero-order chi connectivity index (χ0) is 25.0. The summed E-state index contributed by atoms with van der Waals surface area (Å²) in [5.74, 6) is -0.432. The zero-order valence-corrected chi connectivity index (χ0v) is 20.3. The van der Waals surface area contributed by atoms with E-state index in [1.165, 1.54) is 45.8 Å². The lowest BCUT2D eigenvalue weighted by Gasteiger charge is -2.30. The number of nitrogens with two attached hydrogens (primary N) is 1. The molecule has 1 aliphatic heterocycles. The molecule has 4 heterocycles. The second-order valence-electron chi connectivity index (χ2n) is 8.27. The van der Waals surface area contributed by atoms with Crippen LogP contribution in [-0.4, -0.2) is 56.2 Å². The summed E-state index contributed by atoms with van der Waals surface area (Å²) >= 11 is 0. The lowest BCUT2D eigenvalue weighted by atomic mass is 10.1. The van der Waals surface area contributed by atoms with Crippen molar-refractivity contribution in [1.82, 2.24) is 24.5 Å². The fourth-order valence-electron chi connectivity index (χ4n) is 4.35. The minimum absolute atomic E-state index is 0. The number of para-hydroxylation sites is 1. The lowest BCUT2D eigenvalue weighted by Crippen LogP contribution is -2.38. The molecular weight excluding hydrogens is 549 g/mol. The molecule has 5 rings (SSSR count). The number of alkyl halides is 6. The van der Waals surface area contributed by atoms with E-state index in [0.717, 1.165) is 6.07 Å². The molecule has 37 heavy (non-hydrogen) atoms. The highest BCUT2D eigenvalue weighted by Gasteiger charge is 2.46. The molecule has 1 aliphatic rings. The van der Waals surface area contributed by atoms with Gasteiger partial charge in [-0.3, -0.25) is 9.30 Å². The monoisotopic (exact) mass is 568 g/mol. The summed E-state index contributed by atoms with van der Waals surface area (Å²) in [7, 11) is 0. The molecule has 0 amide bonds. The summed E-state index contributed by atoms with van der Waals surface area (Å²) in [6.07, 6.45) is -7.75. The fourth-order valence-corrected chi connectivity index (χ4v) is 4.35. The second-order valence-corrected chi connectivity index (χ2v) is 8.27. The molecule has 15 heteroatoms. The number of nitrogens with zero attached hydrogens (tertiary/aromatic N) is 5. The van der Waals surface area contributed by atoms with Crippen LogP contribution in [0.2, 0.25) is 0 Å². The molecule has 2 atom stereocenters. The number of fused-ring (bicyclic) bond motifs is 2. The van der Waals surface area contributed by atoms with Crippen LogP contribution in [0.15, 0.2) is 48.7 Å². The Kier molecular flexibility index (Phi) is 8.13. The summed E-state index contributed by atoms with van der Waals surface area (Å²) in [5, 5.41) is 8.38. The molecule has 3 aromatic heterocycles. The summed E-state index contributed by atoms with van der Waals surface area (Å²) in [5.41, 5.74) is 6.09. The van der Waals surface area contributed by atoms with Gasteiger partial charge in [0.15, 0.2) is 17.2 Å². The number of hydrogen-bond donors (Lipinski definition) is 1. The molecule has 0 saturated carbocycles. The van der Waals surface area contributed by atoms with Gasteiger partial charge in [-0.05, 0) is 30.2 Å². The topological polar surface area (TPSA) is 81.6 Å². The number of benzene rings is 1. The molecule has 1 fully saturated rings. The van der Waals surface area contributed by atoms with E-state index in [9.17, 15) is 26.3 Å². The highest BCUT2D eigenvalue weighted by Crippen LogP contribution is 2.39. The number of hydrogen-bond acceptors (Lipinski definition) is 6. The van der Waals surface area contributed by atoms with Crippen LogP contribution in [0, 0.1) is 0 Å². The summed E-state index contributed by atoms with van der Waals surface area (Å²) in [6.45, 7) is 0.304. The Morgan fingerprint density at radius 1 is 0.973 bits per heavy atom. The molecule has 0 aliphatic carbocycles. The largest absolute Gasteiger partial charge is 0.573 e. The van der Waals surface area contributed by atoms with Crippen molar-refractivity contribution in [2.24, 2.45) is 5.73 Å². The number of rotatable bonds is 4. The zero-order valence-electron chi connectivity index (χ0n) is 18.7. The van der Waals surface area contributed by atoms with Crippen molar-refractivity contribution < 1.29 is 31.1 Å². The smallest absolute Gasteiger partial charge is 0.403 e. The Bertz CT molecular complexity index is 1400. The third-order valence-corrected chi connectivity index (χ3v) is 5.81. The van der Waals surface area contributed by atoms with Crippen molar-refractivity contribution in [2.45, 2.75) is 31.0 Å². The Labute approximate surface area is 218 Å². The fraction of sp³-hybridized carbons (Fsp3) is 0.318. The molecule has 0 radical (unpaired) electrons. The minimum Gasteiger partial charge on any atom is -0.403 e. The van der Waals surface area contributed by atoms with E-state index in [1.54, 1.807) is 6.07 Å². The van der Waals surface area contributed by atoms with E-state index in [4.69, 9.17) is 5.73 Å². The molecule has 1 aromatic carbocycles. The maximum Gasteiger partial charge on any atom is 0.573 e. The molecule has 1 saturated heterocycles. The third kappa shape index (κ3) is 5.84. The van der Waals surface area contributed by atoms with Crippen molar-refractivity contribution in [3.8, 4) is 17.3 Å². The van der Waals surface area contributed by atoms with Crippen LogP contribution >= 0.6 is 24.8 Å². The molecule has 2 N–H and O–H groups in total. The van der Waals surface area contributed by atoms with Crippen LogP contribution < -0.4 is 10.5 Å². The SMILES string of the molecule is Cl.Cl.NC1CCN([C@H](c2ccc3nnc(-c4ccc5cccc(OC(F)(F)F)c5n4)n3c2)C(F)(F)F)C1. The van der Waals surface area contributed by atoms with Crippen molar-refractivity contribution in [3.63, 3.8) is 0 Å². The predicted octanol–water partition coefficient (Wildman–Crippen LogP) is 5.32. The van der Waals surface area contributed by atoms with Gasteiger partial charge < -0.3 is 10.5 Å². The van der Waals surface area contributed by atoms with Gasteiger partial charge in [0, 0.05) is 30.7 Å². The van der Waals surface area contributed by atoms with Crippen molar-refractivity contribution >= 4 is 41.4 Å². The highest BCUT2D eigenvalue weighted by atomic mass is 35.5. The van der Waals surface area contributed by atoms with Crippen molar-refractivity contribution in [2.75, 3.05) is 13.1 Å². The molecule has 4 aromatic rings. The van der Waals surface area contributed by atoms with E-state index >= 15 is 0 Å². The van der Waals surface area contributed by atoms with Crippen LogP contribution in [0.1, 0.15) is 18.0 Å². The van der Waals surface area contributed by atoms with Crippen LogP contribution in [0.4, 0.5) is 26.3 Å². The standard InChI is InChI=1S/C22H18F6N6O.2ClH/c23-21(24,25)19(33-9-8-14(29)11-33)13-5-7-17-31-32-20(34(17)10-13)15-6-4-12-2-1-3-16(18(12)30-15)35-22(26,27)28;;/h1-7,10,14,19H,8-9,11,29H2;2*1H/t14?,19-;;/m1../s1. The Hall–Kier alpha value is -2.87. The average Bonchev–Trinajstić information content (AvgIpc) is 3.38. The van der Waals surface area contributed by atoms with Crippen molar-refractivity contribution in [1.29, 1.82) is 0 Å². The Morgan fingerprint density at radius 3 is 2.38 bits per heavy atom. The third-order valence-electron chi connectivity index (χ3n) is 5.81. The Morgan fingerprint density at radius 2 is 1.73 bits per heavy atom. The number of halogens is 8. The van der Waals surface area contributed by atoms with Gasteiger partial charge in [0.25, 0.3) is 0 Å². The summed E-state index contributed by atoms with van der Waals surface area (Å²) in [4.78, 5) is 5.55. The van der Waals surface area contributed by atoms with Gasteiger partial charge in [0.05, 0.1) is 0 Å². The molecule has 0 bridgehead atoms. The molecular formula is C22H20Cl2F6N6O. The second kappa shape index (κ2) is 10.5. The number of ether oxygens (including phenoxy) is 1. The van der Waals surface area contributed by atoms with Crippen LogP contribution in [-0.2, 0) is 0 Å². The van der Waals surface area contributed by atoms with Gasteiger partial charge in [0.2, 0.25) is 0 Å². The van der Waals surface area contributed by atoms with Gasteiger partial charge >= 0.3 is 12.5 Å². The lowest BCUT2D eigenvalue weighted by molar-refractivity contribution is -0.274. The van der Waals surface area contributed by atoms with Crippen LogP contribution in [0.5, 0.6) is 5.75 Å². The van der Waals surface area contributed by atoms with Gasteiger partial charge in [-0.25, -0.2) is 4.98 Å². The molecule has 0 spiro atoms. The van der Waals surface area contributed by atoms with Crippen molar-refractivity contribution in [3.05, 3.63) is 54.2 Å². The maximum atomic E-state index is 14.0. The molecule has 7 nitrogen and oxygen atoms in total. The summed E-state index contributed by atoms with van der Waals surface area (Å²) in [6, 6.07) is 7.62. The Balaban J connectivity index is 0.00000190. The number of pyridine rings is 2. The van der Waals surface area contributed by atoms with E-state index < -0.39 is 24.3 Å². The average molecular weight is 569 g/mol. The highest BCUT2D eigenvalue weighted by molar-refractivity contribution is 5.86. The van der Waals surface area contributed by atoms with E-state index in [2.05, 4.69) is 19.9 Å². The minimum atomic E-state index is -4.92. The van der Waals surface area contributed by atoms with Crippen LogP contribution in [0.3, 0.4) is 0 Å². The van der Waals surface area contributed by atoms with Gasteiger partial charge in [-0.15, -0.1) is 48.2 Å². The first-order chi connectivity index (χ1) is 16.5. The van der Waals surface area contributed by atoms with E-state index in [1.807, 2.05) is 0 Å².